The molecule has 1 atom stereocenters. The maximum atomic E-state index is 13.2. The third-order valence-electron chi connectivity index (χ3n) is 3.14. The molecule has 0 bridgehead atoms. The first-order valence-electron chi connectivity index (χ1n) is 6.03. The highest BCUT2D eigenvalue weighted by molar-refractivity contribution is 5.81. The van der Waals surface area contributed by atoms with Crippen molar-refractivity contribution >= 4 is 12.4 Å². The molecule has 104 valence electrons. The first-order valence-corrected chi connectivity index (χ1v) is 6.03. The van der Waals surface area contributed by atoms with Crippen LogP contribution in [-0.4, -0.2) is 34.0 Å². The molecule has 1 N–H and O–H groups in total. The Morgan fingerprint density at radius 3 is 2.58 bits per heavy atom. The summed E-state index contributed by atoms with van der Waals surface area (Å²) in [5, 5.41) is 9.42. The van der Waals surface area contributed by atoms with Gasteiger partial charge >= 0.3 is 5.97 Å². The first kappa shape index (κ1) is 15.1. The number of carboxylic acids is 1. The minimum absolute atomic E-state index is 0.0526. The smallest absolute Gasteiger partial charge is 0.329 e. The third-order valence-corrected chi connectivity index (χ3v) is 3.14. The van der Waals surface area contributed by atoms with Crippen LogP contribution in [0.25, 0.3) is 0 Å². The number of rotatable bonds is 6. The molecule has 1 rings (SSSR count). The largest absolute Gasteiger partial charge is 0.479 e. The second kappa shape index (κ2) is 5.82. The summed E-state index contributed by atoms with van der Waals surface area (Å²) in [6.45, 7) is 4.94. The number of benzene rings is 1. The number of hydrogen-bond acceptors (Lipinski definition) is 2. The van der Waals surface area contributed by atoms with E-state index in [0.29, 0.717) is 12.0 Å². The molecule has 0 heterocycles. The molecule has 0 saturated heterocycles. The van der Waals surface area contributed by atoms with Crippen molar-refractivity contribution in [3.05, 3.63) is 35.6 Å². The monoisotopic (exact) mass is 267 g/mol. The average molecular weight is 267 g/mol. The van der Waals surface area contributed by atoms with Crippen LogP contribution in [0, 0.1) is 5.82 Å². The fourth-order valence-electron chi connectivity index (χ4n) is 2.13. The van der Waals surface area contributed by atoms with E-state index < -0.39 is 17.3 Å². The molecule has 0 spiro atoms. The summed E-state index contributed by atoms with van der Waals surface area (Å²) in [5.41, 5.74) is -0.860. The Morgan fingerprint density at radius 2 is 2.16 bits per heavy atom. The molecule has 0 saturated carbocycles. The summed E-state index contributed by atoms with van der Waals surface area (Å²) in [6.07, 6.45) is 0.578. The molecule has 0 aliphatic heterocycles. The standard InChI is InChI=1S/C14H18FNO3/c1-10(2)16(9-17)14(3,13(18)19)8-11-5-4-6-12(15)7-11/h4-7,9-10H,8H2,1-3H3,(H,18,19). The van der Waals surface area contributed by atoms with Crippen LogP contribution in [0.4, 0.5) is 4.39 Å². The lowest BCUT2D eigenvalue weighted by atomic mass is 9.90. The number of nitrogens with zero attached hydrogens (tertiary/aromatic N) is 1. The molecule has 0 aliphatic carbocycles. The van der Waals surface area contributed by atoms with Gasteiger partial charge in [0, 0.05) is 12.5 Å². The van der Waals surface area contributed by atoms with Crippen molar-refractivity contribution in [3.63, 3.8) is 0 Å². The van der Waals surface area contributed by atoms with Crippen LogP contribution < -0.4 is 0 Å². The van der Waals surface area contributed by atoms with Gasteiger partial charge in [-0.3, -0.25) is 4.79 Å². The lowest BCUT2D eigenvalue weighted by molar-refractivity contribution is -0.155. The van der Waals surface area contributed by atoms with E-state index in [1.807, 2.05) is 0 Å². The third kappa shape index (κ3) is 3.30. The summed E-state index contributed by atoms with van der Waals surface area (Å²) < 4.78 is 13.2. The number of carbonyl (C=O) groups is 2. The van der Waals surface area contributed by atoms with Gasteiger partial charge in [0.2, 0.25) is 6.41 Å². The molecule has 5 heteroatoms. The number of carbonyl (C=O) groups excluding carboxylic acids is 1. The van der Waals surface area contributed by atoms with Gasteiger partial charge in [-0.1, -0.05) is 12.1 Å². The summed E-state index contributed by atoms with van der Waals surface area (Å²) in [7, 11) is 0. The predicted molar refractivity (Wildman–Crippen MR) is 69.2 cm³/mol. The minimum atomic E-state index is -1.40. The SMILES string of the molecule is CC(C)N(C=O)C(C)(Cc1cccc(F)c1)C(=O)O. The van der Waals surface area contributed by atoms with Gasteiger partial charge in [0.15, 0.2) is 0 Å². The Labute approximate surface area is 111 Å². The van der Waals surface area contributed by atoms with Crippen molar-refractivity contribution in [1.29, 1.82) is 0 Å². The van der Waals surface area contributed by atoms with Crippen LogP contribution in [-0.2, 0) is 16.0 Å². The van der Waals surface area contributed by atoms with E-state index in [1.54, 1.807) is 19.9 Å². The number of halogens is 1. The van der Waals surface area contributed by atoms with E-state index in [9.17, 15) is 19.1 Å². The fraction of sp³-hybridized carbons (Fsp3) is 0.429. The molecule has 0 aromatic heterocycles. The number of carboxylic acid groups (broad SMARTS) is 1. The zero-order valence-electron chi connectivity index (χ0n) is 11.3. The van der Waals surface area contributed by atoms with Crippen molar-refractivity contribution in [2.75, 3.05) is 0 Å². The predicted octanol–water partition coefficient (Wildman–Crippen LogP) is 2.08. The Balaban J connectivity index is 3.13. The highest BCUT2D eigenvalue weighted by atomic mass is 19.1. The molecule has 19 heavy (non-hydrogen) atoms. The Kier molecular flexibility index (Phi) is 4.64. The molecular formula is C14H18FNO3. The quantitative estimate of drug-likeness (QED) is 0.803. The Bertz CT molecular complexity index is 476. The van der Waals surface area contributed by atoms with E-state index >= 15 is 0 Å². The zero-order chi connectivity index (χ0) is 14.6. The second-order valence-electron chi connectivity index (χ2n) is 4.99. The van der Waals surface area contributed by atoms with Gasteiger partial charge < -0.3 is 10.0 Å². The van der Waals surface area contributed by atoms with Gasteiger partial charge in [0.1, 0.15) is 11.4 Å². The van der Waals surface area contributed by atoms with Gasteiger partial charge in [0.05, 0.1) is 0 Å². The molecule has 4 nitrogen and oxygen atoms in total. The minimum Gasteiger partial charge on any atom is -0.479 e. The van der Waals surface area contributed by atoms with Gasteiger partial charge in [-0.05, 0) is 38.5 Å². The maximum Gasteiger partial charge on any atom is 0.329 e. The molecule has 1 aromatic rings. The van der Waals surface area contributed by atoms with Crippen molar-refractivity contribution < 1.29 is 19.1 Å². The molecule has 0 radical (unpaired) electrons. The van der Waals surface area contributed by atoms with E-state index in [4.69, 9.17) is 0 Å². The second-order valence-corrected chi connectivity index (χ2v) is 4.99. The molecule has 0 fully saturated rings. The van der Waals surface area contributed by atoms with Crippen LogP contribution in [0.5, 0.6) is 0 Å². The van der Waals surface area contributed by atoms with Crippen LogP contribution in [0.1, 0.15) is 26.3 Å². The number of amides is 1. The highest BCUT2D eigenvalue weighted by Crippen LogP contribution is 2.23. The van der Waals surface area contributed by atoms with E-state index in [-0.39, 0.29) is 12.5 Å². The van der Waals surface area contributed by atoms with Crippen molar-refractivity contribution in [2.45, 2.75) is 38.8 Å². The highest BCUT2D eigenvalue weighted by Gasteiger charge is 2.40. The van der Waals surface area contributed by atoms with E-state index in [0.717, 1.165) is 0 Å². The average Bonchev–Trinajstić information content (AvgIpc) is 2.28. The molecule has 1 amide bonds. The summed E-state index contributed by atoms with van der Waals surface area (Å²) in [5.74, 6) is -1.54. The van der Waals surface area contributed by atoms with Gasteiger partial charge in [0.25, 0.3) is 0 Å². The molecule has 1 aromatic carbocycles. The zero-order valence-corrected chi connectivity index (χ0v) is 11.3. The Morgan fingerprint density at radius 1 is 1.53 bits per heavy atom. The van der Waals surface area contributed by atoms with E-state index in [1.165, 1.54) is 30.0 Å². The van der Waals surface area contributed by atoms with Crippen LogP contribution in [0.2, 0.25) is 0 Å². The molecular weight excluding hydrogens is 249 g/mol. The van der Waals surface area contributed by atoms with E-state index in [2.05, 4.69) is 0 Å². The normalized spacial score (nSPS) is 13.9. The maximum absolute atomic E-state index is 13.2. The number of aliphatic carboxylic acids is 1. The van der Waals surface area contributed by atoms with Gasteiger partial charge in [-0.15, -0.1) is 0 Å². The van der Waals surface area contributed by atoms with Gasteiger partial charge in [-0.25, -0.2) is 9.18 Å². The van der Waals surface area contributed by atoms with Crippen LogP contribution >= 0.6 is 0 Å². The van der Waals surface area contributed by atoms with Gasteiger partial charge in [-0.2, -0.15) is 0 Å². The van der Waals surface area contributed by atoms with Crippen molar-refractivity contribution in [3.8, 4) is 0 Å². The summed E-state index contributed by atoms with van der Waals surface area (Å²) in [4.78, 5) is 23.9. The van der Waals surface area contributed by atoms with Crippen molar-refractivity contribution in [1.82, 2.24) is 4.90 Å². The topological polar surface area (TPSA) is 57.6 Å². The summed E-state index contributed by atoms with van der Waals surface area (Å²) >= 11 is 0. The Hall–Kier alpha value is -1.91. The molecule has 1 unspecified atom stereocenters. The fourth-order valence-corrected chi connectivity index (χ4v) is 2.13. The van der Waals surface area contributed by atoms with Crippen LogP contribution in [0.3, 0.4) is 0 Å². The number of hydrogen-bond donors (Lipinski definition) is 1. The molecule has 0 aliphatic rings. The lowest BCUT2D eigenvalue weighted by Gasteiger charge is -2.38. The van der Waals surface area contributed by atoms with Crippen LogP contribution in [0.15, 0.2) is 24.3 Å². The van der Waals surface area contributed by atoms with Crippen molar-refractivity contribution in [2.24, 2.45) is 0 Å². The first-order chi connectivity index (χ1) is 8.81. The lowest BCUT2D eigenvalue weighted by Crippen LogP contribution is -2.56. The summed E-state index contributed by atoms with van der Waals surface area (Å²) in [6, 6.07) is 5.49.